The van der Waals surface area contributed by atoms with Crippen molar-refractivity contribution in [1.29, 1.82) is 0 Å². The fraction of sp³-hybridized carbons (Fsp3) is 0.167. The summed E-state index contributed by atoms with van der Waals surface area (Å²) in [6, 6.07) is 11.3. The molecule has 0 saturated heterocycles. The molecule has 0 radical (unpaired) electrons. The second-order valence-corrected chi connectivity index (χ2v) is 7.12. The first-order valence-corrected chi connectivity index (χ1v) is 9.56. The van der Waals surface area contributed by atoms with Crippen LogP contribution in [0.2, 0.25) is 0 Å². The van der Waals surface area contributed by atoms with E-state index in [1.807, 2.05) is 6.92 Å². The molecule has 2 aromatic carbocycles. The van der Waals surface area contributed by atoms with Gasteiger partial charge in [0.2, 0.25) is 0 Å². The predicted molar refractivity (Wildman–Crippen MR) is 99.6 cm³/mol. The van der Waals surface area contributed by atoms with Crippen LogP contribution in [0.5, 0.6) is 11.5 Å². The molecule has 0 aliphatic rings. The van der Waals surface area contributed by atoms with Crippen LogP contribution < -0.4 is 8.92 Å². The van der Waals surface area contributed by atoms with Gasteiger partial charge in [0.1, 0.15) is 17.6 Å². The molecule has 140 valence electrons. The van der Waals surface area contributed by atoms with Gasteiger partial charge in [0.05, 0.1) is 12.8 Å². The van der Waals surface area contributed by atoms with E-state index in [2.05, 4.69) is 15.3 Å². The summed E-state index contributed by atoms with van der Waals surface area (Å²) in [5.74, 6) is 0.416. The minimum Gasteiger partial charge on any atom is -0.490 e. The first-order valence-electron chi connectivity index (χ1n) is 8.15. The molecule has 0 bridgehead atoms. The average molecular weight is 386 g/mol. The van der Waals surface area contributed by atoms with Gasteiger partial charge < -0.3 is 8.92 Å². The van der Waals surface area contributed by atoms with E-state index >= 15 is 0 Å². The number of benzene rings is 2. The highest BCUT2D eigenvalue weighted by atomic mass is 32.2. The second kappa shape index (κ2) is 8.00. The first kappa shape index (κ1) is 18.6. The SMILES string of the molecule is CCOc1cc(/C=N\n2cnnc2)ccc1OS(=O)(=O)c1ccc(C)cc1. The van der Waals surface area contributed by atoms with Crippen molar-refractivity contribution in [3.63, 3.8) is 0 Å². The summed E-state index contributed by atoms with van der Waals surface area (Å²) < 4.78 is 37.3. The number of nitrogens with zero attached hydrogens (tertiary/aromatic N) is 4. The fourth-order valence-corrected chi connectivity index (χ4v) is 3.14. The van der Waals surface area contributed by atoms with Gasteiger partial charge in [0.15, 0.2) is 11.5 Å². The number of hydrogen-bond donors (Lipinski definition) is 0. The minimum atomic E-state index is -3.97. The summed E-state index contributed by atoms with van der Waals surface area (Å²) in [6.45, 7) is 4.04. The lowest BCUT2D eigenvalue weighted by molar-refractivity contribution is 0.327. The molecule has 1 heterocycles. The molecule has 1 aromatic heterocycles. The zero-order chi connectivity index (χ0) is 19.3. The average Bonchev–Trinajstić information content (AvgIpc) is 3.16. The molecule has 0 atom stereocenters. The molecular formula is C18H18N4O4S. The highest BCUT2D eigenvalue weighted by Gasteiger charge is 2.19. The third-order valence-electron chi connectivity index (χ3n) is 3.52. The largest absolute Gasteiger partial charge is 0.490 e. The van der Waals surface area contributed by atoms with Crippen molar-refractivity contribution in [3.05, 3.63) is 66.2 Å². The molecule has 0 amide bonds. The molecular weight excluding hydrogens is 368 g/mol. The van der Waals surface area contributed by atoms with Gasteiger partial charge in [0.25, 0.3) is 0 Å². The molecule has 0 aliphatic carbocycles. The van der Waals surface area contributed by atoms with Crippen molar-refractivity contribution in [3.8, 4) is 11.5 Å². The third-order valence-corrected chi connectivity index (χ3v) is 4.77. The third kappa shape index (κ3) is 4.70. The summed E-state index contributed by atoms with van der Waals surface area (Å²) in [6.07, 6.45) is 4.47. The summed E-state index contributed by atoms with van der Waals surface area (Å²) in [5, 5.41) is 11.5. The summed E-state index contributed by atoms with van der Waals surface area (Å²) in [5.41, 5.74) is 1.66. The van der Waals surface area contributed by atoms with Crippen molar-refractivity contribution in [1.82, 2.24) is 14.9 Å². The standard InChI is InChI=1S/C18H18N4O4S/c1-3-25-18-10-15(11-21-22-12-19-20-13-22)6-9-17(18)26-27(23,24)16-7-4-14(2)5-8-16/h4-13H,3H2,1-2H3/b21-11-. The Morgan fingerprint density at radius 2 is 1.78 bits per heavy atom. The topological polar surface area (TPSA) is 95.7 Å². The van der Waals surface area contributed by atoms with Gasteiger partial charge in [-0.25, -0.2) is 4.68 Å². The monoisotopic (exact) mass is 386 g/mol. The smallest absolute Gasteiger partial charge is 0.339 e. The number of aryl methyl sites for hydroxylation is 1. The Morgan fingerprint density at radius 1 is 1.07 bits per heavy atom. The van der Waals surface area contributed by atoms with Gasteiger partial charge in [0, 0.05) is 0 Å². The normalized spacial score (nSPS) is 11.6. The van der Waals surface area contributed by atoms with Crippen LogP contribution in [0.3, 0.4) is 0 Å². The highest BCUT2D eigenvalue weighted by molar-refractivity contribution is 7.87. The van der Waals surface area contributed by atoms with Crippen LogP contribution in [0.15, 0.2) is 65.1 Å². The highest BCUT2D eigenvalue weighted by Crippen LogP contribution is 2.31. The van der Waals surface area contributed by atoms with E-state index < -0.39 is 10.1 Å². The molecule has 0 aliphatic heterocycles. The number of rotatable bonds is 7. The Labute approximate surface area is 157 Å². The Kier molecular flexibility index (Phi) is 5.51. The zero-order valence-electron chi connectivity index (χ0n) is 14.8. The van der Waals surface area contributed by atoms with Crippen molar-refractivity contribution in [2.75, 3.05) is 6.61 Å². The second-order valence-electron chi connectivity index (χ2n) is 5.58. The van der Waals surface area contributed by atoms with Gasteiger partial charge in [-0.15, -0.1) is 10.2 Å². The maximum absolute atomic E-state index is 12.5. The van der Waals surface area contributed by atoms with E-state index in [1.165, 1.54) is 35.5 Å². The molecule has 3 rings (SSSR count). The fourth-order valence-electron chi connectivity index (χ4n) is 2.20. The lowest BCUT2D eigenvalue weighted by Crippen LogP contribution is -2.11. The first-order chi connectivity index (χ1) is 13.0. The minimum absolute atomic E-state index is 0.0776. The predicted octanol–water partition coefficient (Wildman–Crippen LogP) is 2.64. The Hall–Kier alpha value is -3.20. The van der Waals surface area contributed by atoms with Crippen LogP contribution in [-0.4, -0.2) is 36.1 Å². The Morgan fingerprint density at radius 3 is 2.44 bits per heavy atom. The van der Waals surface area contributed by atoms with E-state index in [0.717, 1.165) is 5.56 Å². The summed E-state index contributed by atoms with van der Waals surface area (Å²) >= 11 is 0. The van der Waals surface area contributed by atoms with E-state index in [-0.39, 0.29) is 10.6 Å². The van der Waals surface area contributed by atoms with Crippen molar-refractivity contribution < 1.29 is 17.3 Å². The van der Waals surface area contributed by atoms with Crippen molar-refractivity contribution in [2.24, 2.45) is 5.10 Å². The van der Waals surface area contributed by atoms with E-state index in [4.69, 9.17) is 8.92 Å². The van der Waals surface area contributed by atoms with Gasteiger partial charge in [-0.1, -0.05) is 17.7 Å². The van der Waals surface area contributed by atoms with Gasteiger partial charge in [-0.3, -0.25) is 0 Å². The molecule has 8 nitrogen and oxygen atoms in total. The molecule has 0 spiro atoms. The van der Waals surface area contributed by atoms with Crippen LogP contribution >= 0.6 is 0 Å². The lowest BCUT2D eigenvalue weighted by atomic mass is 10.2. The lowest BCUT2D eigenvalue weighted by Gasteiger charge is -2.12. The van der Waals surface area contributed by atoms with Gasteiger partial charge in [-0.05, 0) is 49.7 Å². The van der Waals surface area contributed by atoms with Crippen LogP contribution in [-0.2, 0) is 10.1 Å². The quantitative estimate of drug-likeness (QED) is 0.457. The van der Waals surface area contributed by atoms with E-state index in [9.17, 15) is 8.42 Å². The maximum Gasteiger partial charge on any atom is 0.339 e. The number of hydrogen-bond acceptors (Lipinski definition) is 7. The van der Waals surface area contributed by atoms with Crippen LogP contribution in [0, 0.1) is 6.92 Å². The van der Waals surface area contributed by atoms with E-state index in [1.54, 1.807) is 37.4 Å². The summed E-state index contributed by atoms with van der Waals surface area (Å²) in [7, 11) is -3.97. The van der Waals surface area contributed by atoms with Gasteiger partial charge in [-0.2, -0.15) is 13.5 Å². The van der Waals surface area contributed by atoms with Crippen LogP contribution in [0.1, 0.15) is 18.1 Å². The Bertz CT molecular complexity index is 1030. The molecule has 0 unspecified atom stereocenters. The van der Waals surface area contributed by atoms with Crippen LogP contribution in [0.4, 0.5) is 0 Å². The Balaban J connectivity index is 1.87. The molecule has 27 heavy (non-hydrogen) atoms. The molecule has 0 N–H and O–H groups in total. The molecule has 0 saturated carbocycles. The molecule has 0 fully saturated rings. The molecule has 3 aromatic rings. The van der Waals surface area contributed by atoms with Crippen molar-refractivity contribution in [2.45, 2.75) is 18.7 Å². The number of aromatic nitrogens is 3. The van der Waals surface area contributed by atoms with E-state index in [0.29, 0.717) is 17.9 Å². The molecule has 9 heteroatoms. The maximum atomic E-state index is 12.5. The number of ether oxygens (including phenoxy) is 1. The van der Waals surface area contributed by atoms with Gasteiger partial charge >= 0.3 is 10.1 Å². The van der Waals surface area contributed by atoms with Crippen molar-refractivity contribution >= 4 is 16.3 Å². The van der Waals surface area contributed by atoms with Crippen LogP contribution in [0.25, 0.3) is 0 Å². The zero-order valence-corrected chi connectivity index (χ0v) is 15.6. The summed E-state index contributed by atoms with van der Waals surface area (Å²) in [4.78, 5) is 0.0776.